The maximum Gasteiger partial charge on any atom is 0.0229 e. The minimum absolute atomic E-state index is 1.20. The molecule has 0 saturated heterocycles. The third-order valence-electron chi connectivity index (χ3n) is 1.34. The molecule has 66 valence electrons. The topological polar surface area (TPSA) is 0 Å². The molecule has 0 bridgehead atoms. The van der Waals surface area contributed by atoms with E-state index in [1.165, 1.54) is 31.4 Å². The normalized spacial score (nSPS) is 14.4. The van der Waals surface area contributed by atoms with Crippen molar-refractivity contribution in [1.82, 2.24) is 0 Å². The summed E-state index contributed by atoms with van der Waals surface area (Å²) in [7, 11) is 3.69. The van der Waals surface area contributed by atoms with Gasteiger partial charge in [-0.15, -0.1) is 0 Å². The van der Waals surface area contributed by atoms with Gasteiger partial charge < -0.3 is 0 Å². The van der Waals surface area contributed by atoms with Crippen molar-refractivity contribution in [3.63, 3.8) is 0 Å². The van der Waals surface area contributed by atoms with Crippen LogP contribution in [-0.2, 0) is 0 Å². The second-order valence-electron chi connectivity index (χ2n) is 2.46. The molecular formula is C9H18S2. The van der Waals surface area contributed by atoms with E-state index in [0.717, 1.165) is 0 Å². The van der Waals surface area contributed by atoms with Crippen molar-refractivity contribution in [2.75, 3.05) is 5.75 Å². The lowest BCUT2D eigenvalue weighted by atomic mass is 10.2. The molecule has 0 spiro atoms. The molecule has 2 heteroatoms. The predicted molar refractivity (Wildman–Crippen MR) is 59.0 cm³/mol. The lowest BCUT2D eigenvalue weighted by Gasteiger charge is -1.86. The average molecular weight is 190 g/mol. The largest absolute Gasteiger partial charge is 0.0854 e. The van der Waals surface area contributed by atoms with Crippen molar-refractivity contribution in [2.45, 2.75) is 39.5 Å². The van der Waals surface area contributed by atoms with Gasteiger partial charge >= 0.3 is 0 Å². The Bertz CT molecular complexity index is 79.6. The number of hydrogen-bond donors (Lipinski definition) is 0. The van der Waals surface area contributed by atoms with E-state index >= 15 is 0 Å². The highest BCUT2D eigenvalue weighted by molar-refractivity contribution is 8.78. The summed E-state index contributed by atoms with van der Waals surface area (Å²) in [6, 6.07) is 0. The third-order valence-corrected chi connectivity index (χ3v) is 3.26. The zero-order valence-corrected chi connectivity index (χ0v) is 9.14. The fourth-order valence-corrected chi connectivity index (χ4v) is 2.27. The number of rotatable bonds is 3. The van der Waals surface area contributed by atoms with Crippen LogP contribution in [0.25, 0.3) is 0 Å². The summed E-state index contributed by atoms with van der Waals surface area (Å²) in [5, 5.41) is 2.12. The van der Waals surface area contributed by atoms with E-state index in [2.05, 4.69) is 25.3 Å². The Morgan fingerprint density at radius 3 is 2.00 bits per heavy atom. The fourth-order valence-electron chi connectivity index (χ4n) is 0.696. The molecule has 1 aliphatic heterocycles. The standard InChI is InChI=1S/C6H14.C3H4S2/c1-3-5-6-4-2;1-2-4-5-3-1/h3-6H2,1-2H3;1-2H,3H2. The van der Waals surface area contributed by atoms with Gasteiger partial charge in [0.1, 0.15) is 0 Å². The van der Waals surface area contributed by atoms with Crippen LogP contribution in [0, 0.1) is 0 Å². The third kappa shape index (κ3) is 10.4. The highest BCUT2D eigenvalue weighted by Crippen LogP contribution is 2.27. The van der Waals surface area contributed by atoms with Crippen LogP contribution in [0.2, 0.25) is 0 Å². The molecule has 1 rings (SSSR count). The maximum absolute atomic E-state index is 2.23. The predicted octanol–water partition coefficient (Wildman–Crippen LogP) is 4.48. The van der Waals surface area contributed by atoms with Crippen molar-refractivity contribution in [1.29, 1.82) is 0 Å². The zero-order chi connectivity index (χ0) is 8.36. The minimum Gasteiger partial charge on any atom is -0.0854 e. The van der Waals surface area contributed by atoms with Gasteiger partial charge in [-0.25, -0.2) is 0 Å². The quantitative estimate of drug-likeness (QED) is 0.475. The minimum atomic E-state index is 1.20. The Morgan fingerprint density at radius 2 is 1.82 bits per heavy atom. The van der Waals surface area contributed by atoms with Crippen molar-refractivity contribution < 1.29 is 0 Å². The number of hydrogen-bond acceptors (Lipinski definition) is 2. The van der Waals surface area contributed by atoms with Gasteiger partial charge in [0.15, 0.2) is 0 Å². The Balaban J connectivity index is 0.000000183. The molecule has 0 aliphatic carbocycles. The van der Waals surface area contributed by atoms with Gasteiger partial charge in [0.05, 0.1) is 0 Å². The molecule has 0 fully saturated rings. The molecule has 1 aliphatic rings. The fraction of sp³-hybridized carbons (Fsp3) is 0.778. The van der Waals surface area contributed by atoms with Crippen LogP contribution in [0.5, 0.6) is 0 Å². The summed E-state index contributed by atoms with van der Waals surface area (Å²) >= 11 is 0. The molecular weight excluding hydrogens is 172 g/mol. The smallest absolute Gasteiger partial charge is 0.0229 e. The molecule has 0 aromatic heterocycles. The molecule has 0 radical (unpaired) electrons. The first-order chi connectivity index (χ1) is 5.41. The Hall–Kier alpha value is 0.440. The molecule has 0 aromatic rings. The molecule has 0 amide bonds. The van der Waals surface area contributed by atoms with E-state index in [1.807, 2.05) is 21.6 Å². The van der Waals surface area contributed by atoms with Gasteiger partial charge in [0, 0.05) is 5.75 Å². The van der Waals surface area contributed by atoms with Crippen LogP contribution in [0.3, 0.4) is 0 Å². The SMILES string of the molecule is C1=CSSC1.CCCCCC. The van der Waals surface area contributed by atoms with Crippen LogP contribution in [0.1, 0.15) is 39.5 Å². The lowest BCUT2D eigenvalue weighted by molar-refractivity contribution is 0.702. The van der Waals surface area contributed by atoms with Crippen LogP contribution in [0.4, 0.5) is 0 Å². The zero-order valence-electron chi connectivity index (χ0n) is 7.51. The number of unbranched alkanes of at least 4 members (excludes halogenated alkanes) is 3. The van der Waals surface area contributed by atoms with Crippen molar-refractivity contribution >= 4 is 21.6 Å². The second kappa shape index (κ2) is 10.4. The molecule has 0 atom stereocenters. The van der Waals surface area contributed by atoms with Gasteiger partial charge in [0.25, 0.3) is 0 Å². The first-order valence-corrected chi connectivity index (χ1v) is 6.73. The first kappa shape index (κ1) is 11.4. The van der Waals surface area contributed by atoms with Crippen molar-refractivity contribution in [2.24, 2.45) is 0 Å². The highest BCUT2D eigenvalue weighted by Gasteiger charge is 1.85. The summed E-state index contributed by atoms with van der Waals surface area (Å²) in [5.74, 6) is 1.20. The molecule has 0 unspecified atom stereocenters. The average Bonchev–Trinajstić information content (AvgIpc) is 2.57. The van der Waals surface area contributed by atoms with Crippen molar-refractivity contribution in [3.05, 3.63) is 11.5 Å². The molecule has 0 nitrogen and oxygen atoms in total. The van der Waals surface area contributed by atoms with Gasteiger partial charge in [-0.1, -0.05) is 67.2 Å². The van der Waals surface area contributed by atoms with Crippen LogP contribution >= 0.6 is 21.6 Å². The van der Waals surface area contributed by atoms with Gasteiger partial charge in [0.2, 0.25) is 0 Å². The molecule has 1 heterocycles. The first-order valence-electron chi connectivity index (χ1n) is 4.35. The van der Waals surface area contributed by atoms with Crippen molar-refractivity contribution in [3.8, 4) is 0 Å². The summed E-state index contributed by atoms with van der Waals surface area (Å²) < 4.78 is 0. The van der Waals surface area contributed by atoms with Gasteiger partial charge in [-0.05, 0) is 5.41 Å². The lowest BCUT2D eigenvalue weighted by Crippen LogP contribution is -1.66. The Morgan fingerprint density at radius 1 is 1.18 bits per heavy atom. The summed E-state index contributed by atoms with van der Waals surface area (Å²) in [5.41, 5.74) is 0. The molecule has 0 N–H and O–H groups in total. The van der Waals surface area contributed by atoms with E-state index in [0.29, 0.717) is 0 Å². The van der Waals surface area contributed by atoms with E-state index < -0.39 is 0 Å². The summed E-state index contributed by atoms with van der Waals surface area (Å²) in [6.45, 7) is 4.46. The van der Waals surface area contributed by atoms with E-state index in [9.17, 15) is 0 Å². The molecule has 0 saturated carbocycles. The summed E-state index contributed by atoms with van der Waals surface area (Å²) in [4.78, 5) is 0. The molecule has 0 aromatic carbocycles. The van der Waals surface area contributed by atoms with Crippen LogP contribution in [-0.4, -0.2) is 5.75 Å². The Labute approximate surface area is 78.6 Å². The van der Waals surface area contributed by atoms with Crippen LogP contribution < -0.4 is 0 Å². The van der Waals surface area contributed by atoms with Gasteiger partial charge in [-0.3, -0.25) is 0 Å². The van der Waals surface area contributed by atoms with E-state index in [4.69, 9.17) is 0 Å². The van der Waals surface area contributed by atoms with Crippen LogP contribution in [0.15, 0.2) is 11.5 Å². The Kier molecular flexibility index (Phi) is 10.9. The van der Waals surface area contributed by atoms with Gasteiger partial charge in [-0.2, -0.15) is 0 Å². The maximum atomic E-state index is 2.23. The summed E-state index contributed by atoms with van der Waals surface area (Å²) in [6.07, 6.45) is 7.70. The van der Waals surface area contributed by atoms with E-state index in [-0.39, 0.29) is 0 Å². The monoisotopic (exact) mass is 190 g/mol. The van der Waals surface area contributed by atoms with E-state index in [1.54, 1.807) is 0 Å². The molecule has 11 heavy (non-hydrogen) atoms. The second-order valence-corrected chi connectivity index (χ2v) is 4.78. The highest BCUT2D eigenvalue weighted by atomic mass is 33.1.